The Bertz CT molecular complexity index is 801. The molecule has 136 valence electrons. The summed E-state index contributed by atoms with van der Waals surface area (Å²) in [5.74, 6) is -0.206. The number of amides is 2. The van der Waals surface area contributed by atoms with Gasteiger partial charge in [0.2, 0.25) is 11.8 Å². The Morgan fingerprint density at radius 2 is 1.73 bits per heavy atom. The number of hydrogen-bond acceptors (Lipinski definition) is 3. The van der Waals surface area contributed by atoms with Crippen LogP contribution in [0.15, 0.2) is 42.5 Å². The van der Waals surface area contributed by atoms with Crippen molar-refractivity contribution in [3.8, 4) is 5.75 Å². The predicted molar refractivity (Wildman–Crippen MR) is 97.7 cm³/mol. The fourth-order valence-electron chi connectivity index (χ4n) is 2.57. The number of aryl methyl sites for hydroxylation is 1. The van der Waals surface area contributed by atoms with Crippen LogP contribution in [0.4, 0.5) is 15.8 Å². The normalized spacial score (nSPS) is 13.2. The summed E-state index contributed by atoms with van der Waals surface area (Å²) in [6, 6.07) is 11.7. The van der Waals surface area contributed by atoms with Crippen molar-refractivity contribution in [3.63, 3.8) is 0 Å². The second-order valence-electron chi connectivity index (χ2n) is 6.36. The van der Waals surface area contributed by atoms with Crippen LogP contribution < -0.4 is 15.4 Å². The molecule has 5 nitrogen and oxygen atoms in total. The number of hydrogen-bond donors (Lipinski definition) is 2. The zero-order chi connectivity index (χ0) is 18.5. The molecule has 0 saturated heterocycles. The molecule has 0 unspecified atom stereocenters. The second-order valence-corrected chi connectivity index (χ2v) is 6.36. The molecule has 0 bridgehead atoms. The first-order valence-corrected chi connectivity index (χ1v) is 8.58. The Labute approximate surface area is 151 Å². The van der Waals surface area contributed by atoms with E-state index in [0.29, 0.717) is 17.8 Å². The molecule has 2 N–H and O–H groups in total. The zero-order valence-corrected chi connectivity index (χ0v) is 14.5. The Morgan fingerprint density at radius 3 is 2.31 bits per heavy atom. The van der Waals surface area contributed by atoms with E-state index in [2.05, 4.69) is 10.6 Å². The first-order chi connectivity index (χ1) is 12.5. The molecule has 1 aliphatic rings. The van der Waals surface area contributed by atoms with Gasteiger partial charge in [-0.3, -0.25) is 9.59 Å². The van der Waals surface area contributed by atoms with Gasteiger partial charge in [-0.15, -0.1) is 0 Å². The molecule has 1 saturated carbocycles. The van der Waals surface area contributed by atoms with Crippen molar-refractivity contribution in [3.05, 3.63) is 53.8 Å². The summed E-state index contributed by atoms with van der Waals surface area (Å²) in [5, 5.41) is 5.64. The lowest BCUT2D eigenvalue weighted by atomic mass is 10.1. The fraction of sp³-hybridized carbons (Fsp3) is 0.300. The van der Waals surface area contributed by atoms with E-state index in [0.717, 1.165) is 18.4 Å². The summed E-state index contributed by atoms with van der Waals surface area (Å²) in [6.07, 6.45) is 2.59. The number of halogens is 1. The van der Waals surface area contributed by atoms with Gasteiger partial charge in [0.05, 0.1) is 7.11 Å². The fourth-order valence-corrected chi connectivity index (χ4v) is 2.57. The second kappa shape index (κ2) is 7.99. The summed E-state index contributed by atoms with van der Waals surface area (Å²) < 4.78 is 18.5. The first-order valence-electron chi connectivity index (χ1n) is 8.58. The van der Waals surface area contributed by atoms with E-state index in [4.69, 9.17) is 4.74 Å². The maximum atomic E-state index is 13.6. The number of methoxy groups -OCH3 is 1. The number of benzene rings is 2. The van der Waals surface area contributed by atoms with Gasteiger partial charge in [-0.1, -0.05) is 6.07 Å². The van der Waals surface area contributed by atoms with Crippen molar-refractivity contribution in [2.45, 2.75) is 25.7 Å². The predicted octanol–water partition coefficient (Wildman–Crippen LogP) is 3.75. The molecule has 26 heavy (non-hydrogen) atoms. The molecule has 0 atom stereocenters. The third-order valence-corrected chi connectivity index (χ3v) is 4.24. The van der Waals surface area contributed by atoms with E-state index in [1.165, 1.54) is 13.2 Å². The van der Waals surface area contributed by atoms with E-state index >= 15 is 0 Å². The highest BCUT2D eigenvalue weighted by atomic mass is 19.1. The summed E-state index contributed by atoms with van der Waals surface area (Å²) in [7, 11) is 1.41. The Morgan fingerprint density at radius 1 is 1.08 bits per heavy atom. The van der Waals surface area contributed by atoms with Crippen LogP contribution in [0.2, 0.25) is 0 Å². The van der Waals surface area contributed by atoms with Crippen molar-refractivity contribution in [1.29, 1.82) is 0 Å². The molecule has 2 aromatic rings. The highest BCUT2D eigenvalue weighted by Crippen LogP contribution is 2.30. The maximum Gasteiger partial charge on any atom is 0.227 e. The molecule has 0 aromatic heterocycles. The lowest BCUT2D eigenvalue weighted by Gasteiger charge is -2.08. The first kappa shape index (κ1) is 17.9. The third kappa shape index (κ3) is 4.81. The van der Waals surface area contributed by atoms with Gasteiger partial charge in [-0.05, 0) is 61.2 Å². The molecule has 2 amide bonds. The van der Waals surface area contributed by atoms with Crippen LogP contribution in [-0.4, -0.2) is 18.9 Å². The molecule has 3 rings (SSSR count). The summed E-state index contributed by atoms with van der Waals surface area (Å²) in [5.41, 5.74) is 2.10. The number of carbonyl (C=O) groups is 2. The monoisotopic (exact) mass is 356 g/mol. The summed E-state index contributed by atoms with van der Waals surface area (Å²) >= 11 is 0. The van der Waals surface area contributed by atoms with Gasteiger partial charge in [0.25, 0.3) is 0 Å². The largest absolute Gasteiger partial charge is 0.494 e. The number of anilines is 2. The van der Waals surface area contributed by atoms with Crippen molar-refractivity contribution in [2.75, 3.05) is 17.7 Å². The lowest BCUT2D eigenvalue weighted by Crippen LogP contribution is -2.14. The number of rotatable bonds is 7. The van der Waals surface area contributed by atoms with Gasteiger partial charge >= 0.3 is 0 Å². The topological polar surface area (TPSA) is 67.4 Å². The molecule has 0 spiro atoms. The van der Waals surface area contributed by atoms with Crippen LogP contribution in [0.1, 0.15) is 24.8 Å². The van der Waals surface area contributed by atoms with Crippen LogP contribution in [-0.2, 0) is 16.0 Å². The molecule has 6 heteroatoms. The van der Waals surface area contributed by atoms with E-state index in [9.17, 15) is 14.0 Å². The standard InChI is InChI=1S/C20H21FN2O3/c1-26-18-10-2-13(12-17(18)21)3-11-19(24)22-15-6-8-16(9-7-15)23-20(25)14-4-5-14/h2,6-10,12,14H,3-5,11H2,1H3,(H,22,24)(H,23,25). The van der Waals surface area contributed by atoms with Crippen LogP contribution in [0.25, 0.3) is 0 Å². The Hall–Kier alpha value is -2.89. The van der Waals surface area contributed by atoms with Crippen molar-refractivity contribution in [1.82, 2.24) is 0 Å². The van der Waals surface area contributed by atoms with Gasteiger partial charge < -0.3 is 15.4 Å². The summed E-state index contributed by atoms with van der Waals surface area (Å²) in [6.45, 7) is 0. The van der Waals surface area contributed by atoms with E-state index in [1.54, 1.807) is 36.4 Å². The van der Waals surface area contributed by atoms with E-state index < -0.39 is 5.82 Å². The molecular formula is C20H21FN2O3. The molecule has 1 aliphatic carbocycles. The Balaban J connectivity index is 1.48. The average Bonchev–Trinajstić information content (AvgIpc) is 3.47. The minimum atomic E-state index is -0.436. The van der Waals surface area contributed by atoms with Gasteiger partial charge in [-0.25, -0.2) is 4.39 Å². The molecular weight excluding hydrogens is 335 g/mol. The third-order valence-electron chi connectivity index (χ3n) is 4.24. The molecule has 0 radical (unpaired) electrons. The Kier molecular flexibility index (Phi) is 5.51. The molecule has 2 aromatic carbocycles. The minimum Gasteiger partial charge on any atom is -0.494 e. The van der Waals surface area contributed by atoms with Gasteiger partial charge in [0.1, 0.15) is 0 Å². The van der Waals surface area contributed by atoms with Crippen LogP contribution in [0.3, 0.4) is 0 Å². The van der Waals surface area contributed by atoms with Gasteiger partial charge in [0.15, 0.2) is 11.6 Å². The SMILES string of the molecule is COc1ccc(CCC(=O)Nc2ccc(NC(=O)C3CC3)cc2)cc1F. The lowest BCUT2D eigenvalue weighted by molar-refractivity contribution is -0.117. The average molecular weight is 356 g/mol. The van der Waals surface area contributed by atoms with Crippen molar-refractivity contribution in [2.24, 2.45) is 5.92 Å². The van der Waals surface area contributed by atoms with E-state index in [1.807, 2.05) is 0 Å². The molecule has 0 heterocycles. The zero-order valence-electron chi connectivity index (χ0n) is 14.5. The molecule has 1 fully saturated rings. The van der Waals surface area contributed by atoms with Crippen molar-refractivity contribution >= 4 is 23.2 Å². The summed E-state index contributed by atoms with van der Waals surface area (Å²) in [4.78, 5) is 23.8. The van der Waals surface area contributed by atoms with Gasteiger partial charge in [-0.2, -0.15) is 0 Å². The smallest absolute Gasteiger partial charge is 0.227 e. The maximum absolute atomic E-state index is 13.6. The van der Waals surface area contributed by atoms with E-state index in [-0.39, 0.29) is 29.9 Å². The highest BCUT2D eigenvalue weighted by molar-refractivity contribution is 5.95. The van der Waals surface area contributed by atoms with Crippen LogP contribution in [0.5, 0.6) is 5.75 Å². The quantitative estimate of drug-likeness (QED) is 0.794. The van der Waals surface area contributed by atoms with Crippen LogP contribution >= 0.6 is 0 Å². The molecule has 0 aliphatic heterocycles. The number of nitrogens with one attached hydrogen (secondary N) is 2. The number of ether oxygens (including phenoxy) is 1. The van der Waals surface area contributed by atoms with Crippen LogP contribution in [0, 0.1) is 11.7 Å². The highest BCUT2D eigenvalue weighted by Gasteiger charge is 2.29. The van der Waals surface area contributed by atoms with Gasteiger partial charge in [0, 0.05) is 23.7 Å². The minimum absolute atomic E-state index is 0.0495. The number of carbonyl (C=O) groups excluding carboxylic acids is 2. The van der Waals surface area contributed by atoms with Crippen molar-refractivity contribution < 1.29 is 18.7 Å².